The summed E-state index contributed by atoms with van der Waals surface area (Å²) in [5.74, 6) is 0.376. The maximum Gasteiger partial charge on any atom is 0.152 e. The Morgan fingerprint density at radius 3 is 2.37 bits per heavy atom. The highest BCUT2D eigenvalue weighted by atomic mass is 127. The van der Waals surface area contributed by atoms with E-state index in [1.165, 1.54) is 6.07 Å². The first-order valence-corrected chi connectivity index (χ1v) is 8.53. The van der Waals surface area contributed by atoms with Gasteiger partial charge in [-0.2, -0.15) is 0 Å². The zero-order chi connectivity index (χ0) is 14.0. The second kappa shape index (κ2) is 6.74. The minimum atomic E-state index is -0.405. The molecule has 2 aromatic carbocycles. The Kier molecular flexibility index (Phi) is 5.52. The first-order valence-electron chi connectivity index (χ1n) is 5.29. The van der Waals surface area contributed by atoms with E-state index in [0.717, 1.165) is 16.5 Å². The molecule has 100 valence electrons. The lowest BCUT2D eigenvalue weighted by Gasteiger charge is -2.12. The number of anilines is 1. The number of hydrogen-bond acceptors (Lipinski definition) is 2. The first kappa shape index (κ1) is 15.5. The molecule has 0 atom stereocenters. The molecule has 0 bridgehead atoms. The van der Waals surface area contributed by atoms with Crippen molar-refractivity contribution in [3.05, 3.63) is 52.4 Å². The predicted octanol–water partition coefficient (Wildman–Crippen LogP) is 4.80. The van der Waals surface area contributed by atoms with Crippen LogP contribution in [-0.4, -0.2) is 0 Å². The van der Waals surface area contributed by atoms with Crippen LogP contribution in [-0.2, 0) is 6.61 Å². The average molecular weight is 595 g/mol. The first-order chi connectivity index (χ1) is 8.99. The summed E-state index contributed by atoms with van der Waals surface area (Å²) in [6.07, 6.45) is 0. The van der Waals surface area contributed by atoms with Crippen molar-refractivity contribution in [2.45, 2.75) is 6.61 Å². The van der Waals surface area contributed by atoms with Crippen LogP contribution in [0.1, 0.15) is 5.56 Å². The standard InChI is InChI=1S/C13H9FI3NO/c14-12-7(2-1-3-11(12)18)6-19-13-9(16)4-8(15)5-10(13)17/h1-5H,6,18H2. The van der Waals surface area contributed by atoms with Crippen molar-refractivity contribution < 1.29 is 9.13 Å². The van der Waals surface area contributed by atoms with Crippen LogP contribution in [0.4, 0.5) is 10.1 Å². The van der Waals surface area contributed by atoms with Gasteiger partial charge in [0.05, 0.1) is 12.8 Å². The summed E-state index contributed by atoms with van der Waals surface area (Å²) in [4.78, 5) is 0. The summed E-state index contributed by atoms with van der Waals surface area (Å²) in [5, 5.41) is 0. The van der Waals surface area contributed by atoms with Crippen LogP contribution in [0.15, 0.2) is 30.3 Å². The lowest BCUT2D eigenvalue weighted by molar-refractivity contribution is 0.295. The van der Waals surface area contributed by atoms with E-state index in [1.54, 1.807) is 12.1 Å². The van der Waals surface area contributed by atoms with Crippen molar-refractivity contribution in [1.29, 1.82) is 0 Å². The molecule has 2 aromatic rings. The van der Waals surface area contributed by atoms with Gasteiger partial charge >= 0.3 is 0 Å². The Morgan fingerprint density at radius 2 is 1.74 bits per heavy atom. The lowest BCUT2D eigenvalue weighted by atomic mass is 10.2. The van der Waals surface area contributed by atoms with Gasteiger partial charge in [0.15, 0.2) is 5.82 Å². The van der Waals surface area contributed by atoms with Crippen LogP contribution in [0.3, 0.4) is 0 Å². The monoisotopic (exact) mass is 595 g/mol. The van der Waals surface area contributed by atoms with Gasteiger partial charge in [-0.1, -0.05) is 12.1 Å². The highest BCUT2D eigenvalue weighted by molar-refractivity contribution is 14.1. The van der Waals surface area contributed by atoms with E-state index in [-0.39, 0.29) is 12.3 Å². The van der Waals surface area contributed by atoms with Gasteiger partial charge in [-0.05, 0) is 86.0 Å². The number of hydrogen-bond donors (Lipinski definition) is 1. The third kappa shape index (κ3) is 3.84. The second-order valence-corrected chi connectivity index (χ2v) is 7.38. The molecule has 2 N–H and O–H groups in total. The molecular weight excluding hydrogens is 586 g/mol. The Morgan fingerprint density at radius 1 is 1.11 bits per heavy atom. The van der Waals surface area contributed by atoms with E-state index in [2.05, 4.69) is 67.8 Å². The molecule has 0 aliphatic carbocycles. The van der Waals surface area contributed by atoms with Crippen LogP contribution in [0.2, 0.25) is 0 Å². The highest BCUT2D eigenvalue weighted by Crippen LogP contribution is 2.30. The number of rotatable bonds is 3. The number of nitrogens with two attached hydrogens (primary N) is 1. The zero-order valence-electron chi connectivity index (χ0n) is 9.59. The van der Waals surface area contributed by atoms with Crippen LogP contribution < -0.4 is 10.5 Å². The molecule has 2 rings (SSSR count). The maximum absolute atomic E-state index is 13.8. The van der Waals surface area contributed by atoms with Crippen LogP contribution >= 0.6 is 67.8 Å². The largest absolute Gasteiger partial charge is 0.487 e. The molecular formula is C13H9FI3NO. The summed E-state index contributed by atoms with van der Waals surface area (Å²) in [5.41, 5.74) is 6.14. The quantitative estimate of drug-likeness (QED) is 0.410. The maximum atomic E-state index is 13.8. The number of benzene rings is 2. The molecule has 0 aromatic heterocycles. The molecule has 0 spiro atoms. The fourth-order valence-electron chi connectivity index (χ4n) is 1.53. The average Bonchev–Trinajstić information content (AvgIpc) is 2.33. The Bertz CT molecular complexity index is 596. The number of halogens is 4. The van der Waals surface area contributed by atoms with E-state index in [9.17, 15) is 4.39 Å². The van der Waals surface area contributed by atoms with Crippen molar-refractivity contribution in [2.24, 2.45) is 0 Å². The van der Waals surface area contributed by atoms with E-state index < -0.39 is 5.82 Å². The molecule has 6 heteroatoms. The third-order valence-electron chi connectivity index (χ3n) is 2.44. The smallest absolute Gasteiger partial charge is 0.152 e. The molecule has 2 nitrogen and oxygen atoms in total. The lowest BCUT2D eigenvalue weighted by Crippen LogP contribution is -2.03. The van der Waals surface area contributed by atoms with Crippen LogP contribution in [0.25, 0.3) is 0 Å². The summed E-state index contributed by atoms with van der Waals surface area (Å²) in [7, 11) is 0. The summed E-state index contributed by atoms with van der Waals surface area (Å²) >= 11 is 6.69. The molecule has 0 aliphatic rings. The van der Waals surface area contributed by atoms with E-state index in [1.807, 2.05) is 12.1 Å². The SMILES string of the molecule is Nc1cccc(COc2c(I)cc(I)cc2I)c1F. The van der Waals surface area contributed by atoms with Crippen molar-refractivity contribution in [2.75, 3.05) is 5.73 Å². The highest BCUT2D eigenvalue weighted by Gasteiger charge is 2.11. The van der Waals surface area contributed by atoms with E-state index in [0.29, 0.717) is 5.56 Å². The van der Waals surface area contributed by atoms with Gasteiger partial charge in [0, 0.05) is 9.13 Å². The molecule has 0 radical (unpaired) electrons. The fourth-order valence-corrected chi connectivity index (χ4v) is 5.42. The van der Waals surface area contributed by atoms with Gasteiger partial charge in [0.25, 0.3) is 0 Å². The van der Waals surface area contributed by atoms with Gasteiger partial charge in [-0.3, -0.25) is 0 Å². The second-order valence-electron chi connectivity index (χ2n) is 3.81. The van der Waals surface area contributed by atoms with Crippen molar-refractivity contribution in [3.8, 4) is 5.75 Å². The topological polar surface area (TPSA) is 35.2 Å². The van der Waals surface area contributed by atoms with E-state index in [4.69, 9.17) is 10.5 Å². The summed E-state index contributed by atoms with van der Waals surface area (Å²) in [6.45, 7) is 0.170. The normalized spacial score (nSPS) is 10.5. The summed E-state index contributed by atoms with van der Waals surface area (Å²) < 4.78 is 22.7. The molecule has 19 heavy (non-hydrogen) atoms. The summed E-state index contributed by atoms with van der Waals surface area (Å²) in [6, 6.07) is 8.99. The molecule has 0 saturated carbocycles. The van der Waals surface area contributed by atoms with Gasteiger partial charge in [-0.15, -0.1) is 0 Å². The van der Waals surface area contributed by atoms with Gasteiger partial charge in [0.2, 0.25) is 0 Å². The molecule has 0 amide bonds. The number of nitrogen functional groups attached to an aromatic ring is 1. The minimum Gasteiger partial charge on any atom is -0.487 e. The van der Waals surface area contributed by atoms with Gasteiger partial charge in [-0.25, -0.2) is 4.39 Å². The Balaban J connectivity index is 2.22. The molecule has 0 fully saturated rings. The Hall–Kier alpha value is 0.160. The minimum absolute atomic E-state index is 0.146. The van der Waals surface area contributed by atoms with Crippen molar-refractivity contribution in [3.63, 3.8) is 0 Å². The van der Waals surface area contributed by atoms with Crippen LogP contribution in [0.5, 0.6) is 5.75 Å². The molecule has 0 heterocycles. The van der Waals surface area contributed by atoms with Gasteiger partial charge in [0.1, 0.15) is 12.4 Å². The molecule has 0 unspecified atom stereocenters. The molecule has 0 aliphatic heterocycles. The van der Waals surface area contributed by atoms with Gasteiger partial charge < -0.3 is 10.5 Å². The fraction of sp³-hybridized carbons (Fsp3) is 0.0769. The Labute approximate surface area is 151 Å². The predicted molar refractivity (Wildman–Crippen MR) is 99.7 cm³/mol. The zero-order valence-corrected chi connectivity index (χ0v) is 16.1. The van der Waals surface area contributed by atoms with Crippen molar-refractivity contribution in [1.82, 2.24) is 0 Å². The van der Waals surface area contributed by atoms with Crippen molar-refractivity contribution >= 4 is 73.5 Å². The third-order valence-corrected chi connectivity index (χ3v) is 4.67. The van der Waals surface area contributed by atoms with Crippen LogP contribution in [0, 0.1) is 16.5 Å². The van der Waals surface area contributed by atoms with E-state index >= 15 is 0 Å². The molecule has 0 saturated heterocycles. The number of ether oxygens (including phenoxy) is 1.